The van der Waals surface area contributed by atoms with Crippen molar-refractivity contribution in [3.05, 3.63) is 35.4 Å². The average Bonchev–Trinajstić information content (AvgIpc) is 2.88. The smallest absolute Gasteiger partial charge is 0.128 e. The van der Waals surface area contributed by atoms with E-state index in [4.69, 9.17) is 0 Å². The predicted octanol–water partition coefficient (Wildman–Crippen LogP) is 4.83. The van der Waals surface area contributed by atoms with Crippen molar-refractivity contribution in [3.8, 4) is 0 Å². The van der Waals surface area contributed by atoms with Crippen LogP contribution >= 0.6 is 0 Å². The Morgan fingerprint density at radius 2 is 1.95 bits per heavy atom. The summed E-state index contributed by atoms with van der Waals surface area (Å²) in [6.45, 7) is 8.90. The van der Waals surface area contributed by atoms with Crippen molar-refractivity contribution in [1.82, 2.24) is 5.32 Å². The van der Waals surface area contributed by atoms with Gasteiger partial charge in [-0.15, -0.1) is 0 Å². The second-order valence-corrected chi connectivity index (χ2v) is 7.90. The van der Waals surface area contributed by atoms with E-state index in [0.29, 0.717) is 11.6 Å². The van der Waals surface area contributed by atoms with E-state index in [0.717, 1.165) is 5.92 Å². The topological polar surface area (TPSA) is 12.0 Å². The average molecular weight is 293 g/mol. The number of halogens is 2. The Balaban J connectivity index is 1.84. The van der Waals surface area contributed by atoms with Crippen molar-refractivity contribution in [3.63, 3.8) is 0 Å². The van der Waals surface area contributed by atoms with Crippen LogP contribution in [0.1, 0.15) is 58.6 Å². The van der Waals surface area contributed by atoms with Crippen molar-refractivity contribution in [2.75, 3.05) is 0 Å². The minimum atomic E-state index is -0.376. The Morgan fingerprint density at radius 1 is 1.24 bits per heavy atom. The summed E-state index contributed by atoms with van der Waals surface area (Å²) in [5.41, 5.74) is 0.925. The molecule has 3 heteroatoms. The highest BCUT2D eigenvalue weighted by Crippen LogP contribution is 2.62. The van der Waals surface area contributed by atoms with Crippen LogP contribution in [0.3, 0.4) is 0 Å². The molecule has 0 saturated heterocycles. The van der Waals surface area contributed by atoms with Gasteiger partial charge in [-0.05, 0) is 61.1 Å². The summed E-state index contributed by atoms with van der Waals surface area (Å²) in [6, 6.07) is 3.88. The van der Waals surface area contributed by atoms with Crippen LogP contribution in [0.15, 0.2) is 18.2 Å². The van der Waals surface area contributed by atoms with Crippen LogP contribution in [-0.4, -0.2) is 6.04 Å². The molecule has 1 aromatic carbocycles. The summed E-state index contributed by atoms with van der Waals surface area (Å²) in [7, 11) is 0. The Kier molecular flexibility index (Phi) is 3.40. The van der Waals surface area contributed by atoms with Crippen molar-refractivity contribution < 1.29 is 8.78 Å². The second kappa shape index (κ2) is 4.77. The summed E-state index contributed by atoms with van der Waals surface area (Å²) in [6.07, 6.45) is 3.78. The molecule has 2 bridgehead atoms. The van der Waals surface area contributed by atoms with Gasteiger partial charge in [0.25, 0.3) is 0 Å². The zero-order chi connectivity index (χ0) is 15.4. The molecule has 1 N–H and O–H groups in total. The van der Waals surface area contributed by atoms with Gasteiger partial charge < -0.3 is 5.32 Å². The monoisotopic (exact) mass is 293 g/mol. The van der Waals surface area contributed by atoms with Crippen molar-refractivity contribution in [2.24, 2.45) is 16.7 Å². The van der Waals surface area contributed by atoms with E-state index in [-0.39, 0.29) is 28.5 Å². The third kappa shape index (κ3) is 2.30. The molecule has 0 aliphatic heterocycles. The van der Waals surface area contributed by atoms with Crippen LogP contribution in [0, 0.1) is 28.4 Å². The first kappa shape index (κ1) is 15.0. The molecule has 0 radical (unpaired) electrons. The molecule has 0 spiro atoms. The standard InChI is InChI=1S/C18H25F2N/c1-11(14-9-13(19)5-6-15(14)20)21-16-17(2,3)12-7-8-18(16,4)10-12/h5-6,9,11-12,16,21H,7-8,10H2,1-4H3/t11?,12-,16?,18+/m0/s1. The number of benzene rings is 1. The Morgan fingerprint density at radius 3 is 2.57 bits per heavy atom. The Labute approximate surface area is 126 Å². The molecule has 21 heavy (non-hydrogen) atoms. The van der Waals surface area contributed by atoms with Crippen LogP contribution in [0.25, 0.3) is 0 Å². The lowest BCUT2D eigenvalue weighted by atomic mass is 9.68. The molecule has 0 heterocycles. The van der Waals surface area contributed by atoms with Gasteiger partial charge in [0, 0.05) is 17.6 Å². The zero-order valence-electron chi connectivity index (χ0n) is 13.3. The second-order valence-electron chi connectivity index (χ2n) is 7.90. The largest absolute Gasteiger partial charge is 0.306 e. The maximum Gasteiger partial charge on any atom is 0.128 e. The molecule has 1 aromatic rings. The highest BCUT2D eigenvalue weighted by atomic mass is 19.1. The van der Waals surface area contributed by atoms with E-state index in [1.165, 1.54) is 37.5 Å². The fourth-order valence-electron chi connectivity index (χ4n) is 4.90. The lowest BCUT2D eigenvalue weighted by Gasteiger charge is -2.44. The van der Waals surface area contributed by atoms with Crippen LogP contribution in [0.4, 0.5) is 8.78 Å². The van der Waals surface area contributed by atoms with Gasteiger partial charge in [-0.25, -0.2) is 8.78 Å². The molecule has 116 valence electrons. The van der Waals surface area contributed by atoms with Gasteiger partial charge in [0.1, 0.15) is 11.6 Å². The predicted molar refractivity (Wildman–Crippen MR) is 80.9 cm³/mol. The van der Waals surface area contributed by atoms with Gasteiger partial charge in [0.05, 0.1) is 0 Å². The number of rotatable bonds is 3. The summed E-state index contributed by atoms with van der Waals surface area (Å²) in [5, 5.41) is 3.62. The van der Waals surface area contributed by atoms with Crippen LogP contribution < -0.4 is 5.32 Å². The summed E-state index contributed by atoms with van der Waals surface area (Å²) < 4.78 is 27.4. The molecule has 2 aliphatic rings. The maximum absolute atomic E-state index is 14.0. The lowest BCUT2D eigenvalue weighted by molar-refractivity contribution is 0.0998. The van der Waals surface area contributed by atoms with Gasteiger partial charge >= 0.3 is 0 Å². The van der Waals surface area contributed by atoms with Crippen molar-refractivity contribution in [2.45, 2.75) is 59.0 Å². The number of hydrogen-bond donors (Lipinski definition) is 1. The van der Waals surface area contributed by atoms with Crippen molar-refractivity contribution in [1.29, 1.82) is 0 Å². The number of hydrogen-bond acceptors (Lipinski definition) is 1. The molecule has 0 aromatic heterocycles. The summed E-state index contributed by atoms with van der Waals surface area (Å²) in [4.78, 5) is 0. The first-order valence-corrected chi connectivity index (χ1v) is 7.95. The van der Waals surface area contributed by atoms with Gasteiger partial charge in [-0.3, -0.25) is 0 Å². The third-order valence-corrected chi connectivity index (χ3v) is 6.11. The molecule has 4 atom stereocenters. The summed E-state index contributed by atoms with van der Waals surface area (Å²) in [5.74, 6) is 0.0329. The lowest BCUT2D eigenvalue weighted by Crippen LogP contribution is -2.51. The van der Waals surface area contributed by atoms with Gasteiger partial charge in [-0.2, -0.15) is 0 Å². The van der Waals surface area contributed by atoms with Crippen LogP contribution in [0.2, 0.25) is 0 Å². The van der Waals surface area contributed by atoms with Gasteiger partial charge in [-0.1, -0.05) is 20.8 Å². The van der Waals surface area contributed by atoms with Gasteiger partial charge in [0.2, 0.25) is 0 Å². The SMILES string of the molecule is CC(NC1C(C)(C)[C@H]2CC[C@]1(C)C2)c1cc(F)ccc1F. The maximum atomic E-state index is 14.0. The minimum Gasteiger partial charge on any atom is -0.306 e. The van der Waals surface area contributed by atoms with Crippen LogP contribution in [0.5, 0.6) is 0 Å². The van der Waals surface area contributed by atoms with E-state index in [1.807, 2.05) is 6.92 Å². The summed E-state index contributed by atoms with van der Waals surface area (Å²) >= 11 is 0. The number of fused-ring (bicyclic) bond motifs is 2. The fraction of sp³-hybridized carbons (Fsp3) is 0.667. The molecule has 2 fully saturated rings. The molecule has 2 unspecified atom stereocenters. The van der Waals surface area contributed by atoms with E-state index in [9.17, 15) is 8.78 Å². The van der Waals surface area contributed by atoms with Crippen LogP contribution in [-0.2, 0) is 0 Å². The molecule has 0 amide bonds. The zero-order valence-corrected chi connectivity index (χ0v) is 13.3. The molecule has 2 saturated carbocycles. The highest BCUT2D eigenvalue weighted by molar-refractivity contribution is 5.23. The minimum absolute atomic E-state index is 0.179. The molecular weight excluding hydrogens is 268 g/mol. The fourth-order valence-corrected chi connectivity index (χ4v) is 4.90. The van der Waals surface area contributed by atoms with Gasteiger partial charge in [0.15, 0.2) is 0 Å². The molecular formula is C18H25F2N. The van der Waals surface area contributed by atoms with E-state index < -0.39 is 0 Å². The normalized spacial score (nSPS) is 35.1. The first-order chi connectivity index (χ1) is 9.74. The quantitative estimate of drug-likeness (QED) is 0.841. The molecule has 1 nitrogen and oxygen atoms in total. The van der Waals surface area contributed by atoms with E-state index >= 15 is 0 Å². The molecule has 3 rings (SSSR count). The number of nitrogens with one attached hydrogen (secondary N) is 1. The Bertz CT molecular complexity index is 549. The molecule has 2 aliphatic carbocycles. The third-order valence-electron chi connectivity index (χ3n) is 6.11. The first-order valence-electron chi connectivity index (χ1n) is 7.95. The van der Waals surface area contributed by atoms with Crippen molar-refractivity contribution >= 4 is 0 Å². The highest BCUT2D eigenvalue weighted by Gasteiger charge is 2.59. The van der Waals surface area contributed by atoms with E-state index in [2.05, 4.69) is 26.1 Å². The van der Waals surface area contributed by atoms with E-state index in [1.54, 1.807) is 0 Å². The Hall–Kier alpha value is -0.960.